The third kappa shape index (κ3) is 3.22. The van der Waals surface area contributed by atoms with Gasteiger partial charge < -0.3 is 9.88 Å². The van der Waals surface area contributed by atoms with Gasteiger partial charge >= 0.3 is 0 Å². The maximum absolute atomic E-state index is 12.3. The van der Waals surface area contributed by atoms with Gasteiger partial charge in [0.25, 0.3) is 5.91 Å². The molecule has 0 aliphatic rings. The molecule has 0 atom stereocenters. The van der Waals surface area contributed by atoms with Crippen molar-refractivity contribution in [2.24, 2.45) is 0 Å². The number of amides is 1. The lowest BCUT2D eigenvalue weighted by molar-refractivity contribution is 0.0951. The van der Waals surface area contributed by atoms with E-state index >= 15 is 0 Å². The highest BCUT2D eigenvalue weighted by Gasteiger charge is 2.14. The highest BCUT2D eigenvalue weighted by Crippen LogP contribution is 2.25. The van der Waals surface area contributed by atoms with E-state index in [1.54, 1.807) is 12.1 Å². The lowest BCUT2D eigenvalue weighted by Gasteiger charge is -2.10. The van der Waals surface area contributed by atoms with Crippen molar-refractivity contribution in [3.8, 4) is 0 Å². The molecule has 0 bridgehead atoms. The largest absolute Gasteiger partial charge is 0.348 e. The summed E-state index contributed by atoms with van der Waals surface area (Å²) in [6, 6.07) is 15.5. The van der Waals surface area contributed by atoms with Crippen molar-refractivity contribution < 1.29 is 4.79 Å². The van der Waals surface area contributed by atoms with E-state index in [-0.39, 0.29) is 11.9 Å². The maximum Gasteiger partial charge on any atom is 0.251 e. The van der Waals surface area contributed by atoms with Crippen LogP contribution in [0.2, 0.25) is 5.28 Å². The Morgan fingerprint density at radius 1 is 1.22 bits per heavy atom. The van der Waals surface area contributed by atoms with Crippen LogP contribution in [0.15, 0.2) is 48.5 Å². The maximum atomic E-state index is 12.3. The van der Waals surface area contributed by atoms with E-state index in [0.29, 0.717) is 17.4 Å². The first-order valence-electron chi connectivity index (χ1n) is 7.56. The van der Waals surface area contributed by atoms with Crippen molar-refractivity contribution in [2.75, 3.05) is 0 Å². The first kappa shape index (κ1) is 15.6. The smallest absolute Gasteiger partial charge is 0.251 e. The molecule has 118 valence electrons. The average Bonchev–Trinajstić information content (AvgIpc) is 2.88. The van der Waals surface area contributed by atoms with Crippen LogP contribution < -0.4 is 5.32 Å². The number of rotatable bonds is 4. The van der Waals surface area contributed by atoms with E-state index in [1.807, 2.05) is 54.8 Å². The molecule has 0 saturated heterocycles. The second-order valence-electron chi connectivity index (χ2n) is 5.72. The van der Waals surface area contributed by atoms with Crippen LogP contribution in [0.5, 0.6) is 0 Å². The number of nitrogens with one attached hydrogen (secondary N) is 1. The summed E-state index contributed by atoms with van der Waals surface area (Å²) in [6.07, 6.45) is 0. The van der Waals surface area contributed by atoms with Gasteiger partial charge in [-0.1, -0.05) is 30.3 Å². The summed E-state index contributed by atoms with van der Waals surface area (Å²) in [5.74, 6) is -0.119. The predicted octanol–water partition coefficient (Wildman–Crippen LogP) is 4.20. The number of benzene rings is 2. The Balaban J connectivity index is 1.81. The molecule has 1 aromatic heterocycles. The molecule has 0 unspecified atom stereocenters. The number of nitrogens with zero attached hydrogens (tertiary/aromatic N) is 2. The van der Waals surface area contributed by atoms with Crippen LogP contribution in [0.1, 0.15) is 35.8 Å². The van der Waals surface area contributed by atoms with Gasteiger partial charge in [-0.25, -0.2) is 4.98 Å². The number of hydrogen-bond donors (Lipinski definition) is 1. The van der Waals surface area contributed by atoms with Crippen LogP contribution in [-0.2, 0) is 6.54 Å². The summed E-state index contributed by atoms with van der Waals surface area (Å²) in [6.45, 7) is 4.60. The minimum atomic E-state index is -0.119. The summed E-state index contributed by atoms with van der Waals surface area (Å²) < 4.78 is 1.95. The van der Waals surface area contributed by atoms with Crippen molar-refractivity contribution in [2.45, 2.75) is 26.4 Å². The van der Waals surface area contributed by atoms with Crippen LogP contribution in [0, 0.1) is 0 Å². The summed E-state index contributed by atoms with van der Waals surface area (Å²) in [7, 11) is 0. The number of hydrogen-bond acceptors (Lipinski definition) is 2. The zero-order valence-electron chi connectivity index (χ0n) is 13.1. The standard InChI is InChI=1S/C18H18ClN3O/c1-12(2)22-16-9-8-14(10-15(16)21-18(22)19)17(23)20-11-13-6-4-3-5-7-13/h3-10,12H,11H2,1-2H3,(H,20,23). The van der Waals surface area contributed by atoms with Crippen LogP contribution in [0.3, 0.4) is 0 Å². The first-order chi connectivity index (χ1) is 11.1. The molecule has 0 aliphatic heterocycles. The second-order valence-corrected chi connectivity index (χ2v) is 6.05. The molecule has 1 heterocycles. The third-order valence-electron chi connectivity index (χ3n) is 3.72. The monoisotopic (exact) mass is 327 g/mol. The zero-order valence-corrected chi connectivity index (χ0v) is 13.8. The molecule has 3 aromatic rings. The van der Waals surface area contributed by atoms with E-state index in [9.17, 15) is 4.79 Å². The predicted molar refractivity (Wildman–Crippen MR) is 92.7 cm³/mol. The fourth-order valence-corrected chi connectivity index (χ4v) is 2.96. The number of carbonyl (C=O) groups excluding carboxylic acids is 1. The molecule has 3 rings (SSSR count). The van der Waals surface area contributed by atoms with Crippen LogP contribution in [0.25, 0.3) is 11.0 Å². The number of carbonyl (C=O) groups is 1. The van der Waals surface area contributed by atoms with Crippen LogP contribution in [0.4, 0.5) is 0 Å². The van der Waals surface area contributed by atoms with Gasteiger partial charge in [-0.3, -0.25) is 4.79 Å². The van der Waals surface area contributed by atoms with Crippen molar-refractivity contribution in [1.29, 1.82) is 0 Å². The molecule has 1 N–H and O–H groups in total. The molecule has 0 saturated carbocycles. The molecule has 0 fully saturated rings. The Kier molecular flexibility index (Phi) is 4.35. The summed E-state index contributed by atoms with van der Waals surface area (Å²) in [5, 5.41) is 3.36. The SMILES string of the molecule is CC(C)n1c(Cl)nc2cc(C(=O)NCc3ccccc3)ccc21. The minimum Gasteiger partial charge on any atom is -0.348 e. The number of imidazole rings is 1. The average molecular weight is 328 g/mol. The normalized spacial score (nSPS) is 11.1. The van der Waals surface area contributed by atoms with E-state index in [4.69, 9.17) is 11.6 Å². The van der Waals surface area contributed by atoms with Gasteiger partial charge in [-0.05, 0) is 49.2 Å². The number of fused-ring (bicyclic) bond motifs is 1. The van der Waals surface area contributed by atoms with Gasteiger partial charge in [0.15, 0.2) is 0 Å². The van der Waals surface area contributed by atoms with Crippen LogP contribution in [-0.4, -0.2) is 15.5 Å². The Bertz CT molecular complexity index is 840. The fraction of sp³-hybridized carbons (Fsp3) is 0.222. The molecular weight excluding hydrogens is 310 g/mol. The summed E-state index contributed by atoms with van der Waals surface area (Å²) >= 11 is 6.19. The first-order valence-corrected chi connectivity index (χ1v) is 7.93. The Labute approximate surface area is 140 Å². The van der Waals surface area contributed by atoms with Gasteiger partial charge in [0.05, 0.1) is 11.0 Å². The molecule has 0 radical (unpaired) electrons. The third-order valence-corrected chi connectivity index (χ3v) is 3.99. The molecule has 1 amide bonds. The van der Waals surface area contributed by atoms with Crippen molar-refractivity contribution in [3.05, 3.63) is 64.9 Å². The topological polar surface area (TPSA) is 46.9 Å². The molecule has 5 heteroatoms. The fourth-order valence-electron chi connectivity index (χ4n) is 2.58. The number of halogens is 1. The van der Waals surface area contributed by atoms with E-state index in [2.05, 4.69) is 10.3 Å². The van der Waals surface area contributed by atoms with E-state index < -0.39 is 0 Å². The van der Waals surface area contributed by atoms with Crippen molar-refractivity contribution in [1.82, 2.24) is 14.9 Å². The van der Waals surface area contributed by atoms with Crippen molar-refractivity contribution in [3.63, 3.8) is 0 Å². The molecular formula is C18H18ClN3O. The molecule has 2 aromatic carbocycles. The Morgan fingerprint density at radius 2 is 1.96 bits per heavy atom. The van der Waals surface area contributed by atoms with E-state index in [1.165, 1.54) is 0 Å². The van der Waals surface area contributed by atoms with Crippen LogP contribution >= 0.6 is 11.6 Å². The molecule has 23 heavy (non-hydrogen) atoms. The van der Waals surface area contributed by atoms with Gasteiger partial charge in [0, 0.05) is 18.2 Å². The van der Waals surface area contributed by atoms with E-state index in [0.717, 1.165) is 16.6 Å². The van der Waals surface area contributed by atoms with Gasteiger partial charge in [-0.15, -0.1) is 0 Å². The van der Waals surface area contributed by atoms with Gasteiger partial charge in [0.2, 0.25) is 5.28 Å². The molecule has 4 nitrogen and oxygen atoms in total. The summed E-state index contributed by atoms with van der Waals surface area (Å²) in [5.41, 5.74) is 3.31. The molecule has 0 spiro atoms. The van der Waals surface area contributed by atoms with Crippen molar-refractivity contribution >= 4 is 28.5 Å². The zero-order chi connectivity index (χ0) is 16.4. The summed E-state index contributed by atoms with van der Waals surface area (Å²) in [4.78, 5) is 16.7. The highest BCUT2D eigenvalue weighted by molar-refractivity contribution is 6.29. The quantitative estimate of drug-likeness (QED) is 0.780. The lowest BCUT2D eigenvalue weighted by atomic mass is 10.1. The van der Waals surface area contributed by atoms with Gasteiger partial charge in [-0.2, -0.15) is 0 Å². The Hall–Kier alpha value is -2.33. The van der Waals surface area contributed by atoms with Gasteiger partial charge in [0.1, 0.15) is 0 Å². The lowest BCUT2D eigenvalue weighted by Crippen LogP contribution is -2.22. The number of aromatic nitrogens is 2. The Morgan fingerprint density at radius 3 is 2.65 bits per heavy atom. The minimum absolute atomic E-state index is 0.119. The highest BCUT2D eigenvalue weighted by atomic mass is 35.5. The second kappa shape index (κ2) is 6.42. The molecule has 0 aliphatic carbocycles.